The van der Waals surface area contributed by atoms with Gasteiger partial charge >= 0.3 is 0 Å². The highest BCUT2D eigenvalue weighted by molar-refractivity contribution is 6.20. The molecule has 2 N–H and O–H groups in total. The van der Waals surface area contributed by atoms with Gasteiger partial charge in [-0.15, -0.1) is 0 Å². The smallest absolute Gasteiger partial charge is 0.257 e. The van der Waals surface area contributed by atoms with E-state index in [9.17, 15) is 14.0 Å². The third kappa shape index (κ3) is 3.77. The standard InChI is InChI=1S/C20H23FN4O2/c1-12(2)23-18(26)15-10-25(19(27)13-5-7-14(21)8-6-13)11-20(3,4)16-9-22-24-17(15)16/h5-10,12H,11H2,1-4H3,(H,22,24)(H,23,26). The van der Waals surface area contributed by atoms with Crippen LogP contribution in [0.4, 0.5) is 4.39 Å². The summed E-state index contributed by atoms with van der Waals surface area (Å²) in [6.45, 7) is 8.07. The van der Waals surface area contributed by atoms with Crippen molar-refractivity contribution in [3.63, 3.8) is 0 Å². The lowest BCUT2D eigenvalue weighted by molar-refractivity contribution is -0.116. The molecule has 0 spiro atoms. The SMILES string of the molecule is CC(C)NC(=O)C1=CN(C(=O)c2ccc(F)cc2)CC(C)(C)c2cn[nH]c21. The zero-order chi connectivity index (χ0) is 19.8. The molecular weight excluding hydrogens is 347 g/mol. The van der Waals surface area contributed by atoms with Gasteiger partial charge in [0, 0.05) is 35.3 Å². The van der Waals surface area contributed by atoms with Crippen molar-refractivity contribution in [1.82, 2.24) is 20.4 Å². The number of benzene rings is 1. The maximum absolute atomic E-state index is 13.2. The van der Waals surface area contributed by atoms with Crippen molar-refractivity contribution in [2.75, 3.05) is 6.54 Å². The van der Waals surface area contributed by atoms with Crippen LogP contribution in [0.25, 0.3) is 5.57 Å². The third-order valence-electron chi connectivity index (χ3n) is 4.50. The van der Waals surface area contributed by atoms with Crippen molar-refractivity contribution in [2.24, 2.45) is 0 Å². The summed E-state index contributed by atoms with van der Waals surface area (Å²) in [7, 11) is 0. The Morgan fingerprint density at radius 3 is 2.56 bits per heavy atom. The van der Waals surface area contributed by atoms with Crippen LogP contribution in [0, 0.1) is 5.82 Å². The predicted molar refractivity (Wildman–Crippen MR) is 100 cm³/mol. The van der Waals surface area contributed by atoms with Gasteiger partial charge in [0.15, 0.2) is 0 Å². The minimum absolute atomic E-state index is 0.0534. The molecule has 0 saturated heterocycles. The molecule has 2 heterocycles. The Balaban J connectivity index is 2.06. The van der Waals surface area contributed by atoms with E-state index in [1.54, 1.807) is 12.4 Å². The molecule has 0 aliphatic carbocycles. The highest BCUT2D eigenvalue weighted by atomic mass is 19.1. The Morgan fingerprint density at radius 1 is 1.26 bits per heavy atom. The number of H-pyrrole nitrogens is 1. The summed E-state index contributed by atoms with van der Waals surface area (Å²) >= 11 is 0. The first kappa shape index (κ1) is 18.8. The molecule has 7 heteroatoms. The quantitative estimate of drug-likeness (QED) is 0.872. The van der Waals surface area contributed by atoms with Crippen molar-refractivity contribution in [3.8, 4) is 0 Å². The summed E-state index contributed by atoms with van der Waals surface area (Å²) in [5, 5.41) is 9.86. The summed E-state index contributed by atoms with van der Waals surface area (Å²) < 4.78 is 13.2. The number of halogens is 1. The lowest BCUT2D eigenvalue weighted by Gasteiger charge is -2.28. The van der Waals surface area contributed by atoms with Crippen LogP contribution in [0.15, 0.2) is 36.7 Å². The second-order valence-corrected chi connectivity index (χ2v) is 7.65. The molecule has 0 fully saturated rings. The summed E-state index contributed by atoms with van der Waals surface area (Å²) in [6.07, 6.45) is 3.24. The maximum Gasteiger partial charge on any atom is 0.257 e. The Morgan fingerprint density at radius 2 is 1.93 bits per heavy atom. The number of aromatic amines is 1. The normalized spacial score (nSPS) is 15.8. The highest BCUT2D eigenvalue weighted by Gasteiger charge is 2.35. The molecule has 0 radical (unpaired) electrons. The van der Waals surface area contributed by atoms with E-state index in [0.717, 1.165) is 5.56 Å². The zero-order valence-corrected chi connectivity index (χ0v) is 15.8. The average molecular weight is 370 g/mol. The fraction of sp³-hybridized carbons (Fsp3) is 0.350. The number of fused-ring (bicyclic) bond motifs is 1. The van der Waals surface area contributed by atoms with Crippen molar-refractivity contribution < 1.29 is 14.0 Å². The van der Waals surface area contributed by atoms with E-state index in [1.807, 2.05) is 27.7 Å². The molecule has 1 aliphatic rings. The molecule has 6 nitrogen and oxygen atoms in total. The second kappa shape index (κ2) is 6.98. The molecule has 1 aromatic carbocycles. The van der Waals surface area contributed by atoms with Gasteiger partial charge in [0.1, 0.15) is 5.82 Å². The molecular formula is C20H23FN4O2. The van der Waals surface area contributed by atoms with Crippen LogP contribution >= 0.6 is 0 Å². The van der Waals surface area contributed by atoms with Crippen molar-refractivity contribution in [1.29, 1.82) is 0 Å². The first-order chi connectivity index (χ1) is 12.7. The van der Waals surface area contributed by atoms with Crippen LogP contribution < -0.4 is 5.32 Å². The fourth-order valence-corrected chi connectivity index (χ4v) is 3.18. The van der Waals surface area contributed by atoms with Gasteiger partial charge in [0.05, 0.1) is 17.5 Å². The molecule has 0 saturated carbocycles. The van der Waals surface area contributed by atoms with E-state index in [4.69, 9.17) is 0 Å². The van der Waals surface area contributed by atoms with Crippen LogP contribution in [-0.2, 0) is 10.2 Å². The number of amides is 2. The van der Waals surface area contributed by atoms with Gasteiger partial charge in [0.25, 0.3) is 11.8 Å². The van der Waals surface area contributed by atoms with Crippen LogP contribution in [0.3, 0.4) is 0 Å². The Labute approximate surface area is 157 Å². The summed E-state index contributed by atoms with van der Waals surface area (Å²) in [5.41, 5.74) is 1.73. The zero-order valence-electron chi connectivity index (χ0n) is 15.8. The number of nitrogens with zero attached hydrogens (tertiary/aromatic N) is 2. The molecule has 142 valence electrons. The molecule has 0 unspecified atom stereocenters. The molecule has 1 aliphatic heterocycles. The number of nitrogens with one attached hydrogen (secondary N) is 2. The molecule has 2 amide bonds. The van der Waals surface area contributed by atoms with Gasteiger partial charge in [-0.3, -0.25) is 14.7 Å². The van der Waals surface area contributed by atoms with Crippen molar-refractivity contribution in [3.05, 3.63) is 59.3 Å². The molecule has 0 atom stereocenters. The first-order valence-corrected chi connectivity index (χ1v) is 8.82. The van der Waals surface area contributed by atoms with Gasteiger partial charge in [0.2, 0.25) is 0 Å². The molecule has 3 rings (SSSR count). The van der Waals surface area contributed by atoms with Crippen molar-refractivity contribution in [2.45, 2.75) is 39.2 Å². The minimum atomic E-state index is -0.436. The fourth-order valence-electron chi connectivity index (χ4n) is 3.18. The molecule has 27 heavy (non-hydrogen) atoms. The van der Waals surface area contributed by atoms with E-state index in [-0.39, 0.29) is 17.9 Å². The summed E-state index contributed by atoms with van der Waals surface area (Å²) in [4.78, 5) is 27.3. The maximum atomic E-state index is 13.2. The average Bonchev–Trinajstić information content (AvgIpc) is 3.04. The third-order valence-corrected chi connectivity index (χ3v) is 4.50. The number of carbonyl (C=O) groups is 2. The summed E-state index contributed by atoms with van der Waals surface area (Å²) in [5.74, 6) is -0.988. The van der Waals surface area contributed by atoms with Gasteiger partial charge in [-0.05, 0) is 38.1 Å². The second-order valence-electron chi connectivity index (χ2n) is 7.65. The van der Waals surface area contributed by atoms with Gasteiger partial charge in [-0.1, -0.05) is 13.8 Å². The minimum Gasteiger partial charge on any atom is -0.350 e. The summed E-state index contributed by atoms with van der Waals surface area (Å²) in [6, 6.07) is 5.33. The highest BCUT2D eigenvalue weighted by Crippen LogP contribution is 2.34. The van der Waals surface area contributed by atoms with Crippen LogP contribution in [0.1, 0.15) is 49.3 Å². The Hall–Kier alpha value is -2.96. The number of aromatic nitrogens is 2. The first-order valence-electron chi connectivity index (χ1n) is 8.82. The Bertz CT molecular complexity index is 897. The number of hydrogen-bond donors (Lipinski definition) is 2. The van der Waals surface area contributed by atoms with Crippen LogP contribution in [0.2, 0.25) is 0 Å². The van der Waals surface area contributed by atoms with Gasteiger partial charge in [-0.25, -0.2) is 4.39 Å². The predicted octanol–water partition coefficient (Wildman–Crippen LogP) is 2.85. The monoisotopic (exact) mass is 370 g/mol. The van der Waals surface area contributed by atoms with Crippen LogP contribution in [0.5, 0.6) is 0 Å². The van der Waals surface area contributed by atoms with E-state index in [1.165, 1.54) is 29.2 Å². The Kier molecular flexibility index (Phi) is 4.87. The molecule has 0 bridgehead atoms. The molecule has 1 aromatic heterocycles. The van der Waals surface area contributed by atoms with Crippen molar-refractivity contribution >= 4 is 17.4 Å². The lowest BCUT2D eigenvalue weighted by Crippen LogP contribution is -2.37. The number of hydrogen-bond acceptors (Lipinski definition) is 3. The van der Waals surface area contributed by atoms with E-state index in [2.05, 4.69) is 15.5 Å². The van der Waals surface area contributed by atoms with Crippen LogP contribution in [-0.4, -0.2) is 39.5 Å². The van der Waals surface area contributed by atoms with E-state index >= 15 is 0 Å². The largest absolute Gasteiger partial charge is 0.350 e. The lowest BCUT2D eigenvalue weighted by atomic mass is 9.84. The van der Waals surface area contributed by atoms with E-state index < -0.39 is 11.2 Å². The molecule has 2 aromatic rings. The van der Waals surface area contributed by atoms with Gasteiger partial charge in [-0.2, -0.15) is 5.10 Å². The number of rotatable bonds is 3. The number of carbonyl (C=O) groups excluding carboxylic acids is 2. The van der Waals surface area contributed by atoms with E-state index in [0.29, 0.717) is 23.4 Å². The topological polar surface area (TPSA) is 78.1 Å². The van der Waals surface area contributed by atoms with Gasteiger partial charge < -0.3 is 10.2 Å².